The number of piperazine rings is 1. The first kappa shape index (κ1) is 32.6. The SMILES string of the molecule is C=CC(=O)N1CCN(C2=C(C#N)C(O)N(C3=C(C)C=CN[C@@H]3C(C)C)c3nc(-c4c(N)c(Cl)c(F)c(Cl)c4F)c(Cl)cc32)CC1. The van der Waals surface area contributed by atoms with Crippen LogP contribution in [0.2, 0.25) is 15.1 Å². The number of nitrogens with two attached hydrogens (primary N) is 1. The first-order valence-corrected chi connectivity index (χ1v) is 15.2. The van der Waals surface area contributed by atoms with Crippen LogP contribution in [0.15, 0.2) is 47.8 Å². The molecule has 1 saturated heterocycles. The maximum atomic E-state index is 15.6. The van der Waals surface area contributed by atoms with Gasteiger partial charge < -0.3 is 26.0 Å². The van der Waals surface area contributed by atoms with E-state index in [2.05, 4.69) is 18.0 Å². The first-order chi connectivity index (χ1) is 21.3. The van der Waals surface area contributed by atoms with Crippen LogP contribution in [0.1, 0.15) is 26.3 Å². The first-order valence-electron chi connectivity index (χ1n) is 14.1. The third-order valence-corrected chi connectivity index (χ3v) is 9.16. The van der Waals surface area contributed by atoms with E-state index in [9.17, 15) is 19.6 Å². The fraction of sp³-hybridized carbons (Fsp3) is 0.323. The van der Waals surface area contributed by atoms with E-state index in [-0.39, 0.29) is 40.0 Å². The zero-order chi connectivity index (χ0) is 32.9. The smallest absolute Gasteiger partial charge is 0.246 e. The molecule has 2 aromatic rings. The molecule has 3 aliphatic rings. The molecule has 0 aliphatic carbocycles. The van der Waals surface area contributed by atoms with E-state index < -0.39 is 39.2 Å². The Balaban J connectivity index is 1.79. The number of benzene rings is 1. The molecule has 5 rings (SSSR count). The molecule has 2 atom stereocenters. The van der Waals surface area contributed by atoms with Crippen molar-refractivity contribution in [3.63, 3.8) is 0 Å². The number of hydrogen-bond acceptors (Lipinski definition) is 8. The van der Waals surface area contributed by atoms with Gasteiger partial charge in [-0.3, -0.25) is 9.69 Å². The lowest BCUT2D eigenvalue weighted by atomic mass is 9.90. The summed E-state index contributed by atoms with van der Waals surface area (Å²) in [5.74, 6) is -2.47. The van der Waals surface area contributed by atoms with Gasteiger partial charge in [-0.1, -0.05) is 55.2 Å². The second kappa shape index (κ2) is 12.5. The fourth-order valence-corrected chi connectivity index (χ4v) is 6.59. The van der Waals surface area contributed by atoms with E-state index in [4.69, 9.17) is 45.5 Å². The highest BCUT2D eigenvalue weighted by molar-refractivity contribution is 6.38. The number of rotatable bonds is 5. The summed E-state index contributed by atoms with van der Waals surface area (Å²) in [6.07, 6.45) is 3.35. The van der Waals surface area contributed by atoms with Crippen LogP contribution in [-0.2, 0) is 4.79 Å². The van der Waals surface area contributed by atoms with E-state index in [1.807, 2.05) is 31.7 Å². The second-order valence-corrected chi connectivity index (χ2v) is 12.3. The molecule has 0 bridgehead atoms. The molecule has 1 fully saturated rings. The number of carbonyl (C=O) groups excluding carboxylic acids is 1. The number of aliphatic hydroxyl groups is 1. The minimum absolute atomic E-state index is 0.0245. The lowest BCUT2D eigenvalue weighted by Gasteiger charge is -2.45. The van der Waals surface area contributed by atoms with E-state index in [0.29, 0.717) is 43.1 Å². The molecule has 1 aromatic carbocycles. The van der Waals surface area contributed by atoms with Crippen molar-refractivity contribution in [3.8, 4) is 17.3 Å². The Labute approximate surface area is 274 Å². The quantitative estimate of drug-likeness (QED) is 0.160. The molecule has 1 amide bonds. The number of allylic oxidation sites excluding steroid dienone is 2. The Morgan fingerprint density at radius 3 is 2.49 bits per heavy atom. The number of nitriles is 1. The molecular formula is C31H30Cl3F2N7O2. The van der Waals surface area contributed by atoms with Gasteiger partial charge in [0, 0.05) is 37.4 Å². The topological polar surface area (TPSA) is 122 Å². The van der Waals surface area contributed by atoms with Crippen LogP contribution in [0.4, 0.5) is 20.3 Å². The third-order valence-electron chi connectivity index (χ3n) is 8.17. The van der Waals surface area contributed by atoms with Crippen molar-refractivity contribution >= 4 is 57.9 Å². The summed E-state index contributed by atoms with van der Waals surface area (Å²) in [5.41, 5.74) is 7.23. The second-order valence-electron chi connectivity index (χ2n) is 11.2. The largest absolute Gasteiger partial charge is 0.397 e. The molecule has 3 aliphatic heterocycles. The zero-order valence-electron chi connectivity index (χ0n) is 24.6. The number of anilines is 2. The summed E-state index contributed by atoms with van der Waals surface area (Å²) in [5, 5.41) is 24.2. The molecule has 14 heteroatoms. The number of aromatic nitrogens is 1. The summed E-state index contributed by atoms with van der Waals surface area (Å²) in [6.45, 7) is 10.7. The van der Waals surface area contributed by atoms with Crippen molar-refractivity contribution in [2.45, 2.75) is 33.0 Å². The monoisotopic (exact) mass is 675 g/mol. The molecule has 0 radical (unpaired) electrons. The van der Waals surface area contributed by atoms with Crippen molar-refractivity contribution in [1.29, 1.82) is 5.26 Å². The van der Waals surface area contributed by atoms with Gasteiger partial charge in [-0.2, -0.15) is 5.26 Å². The maximum Gasteiger partial charge on any atom is 0.246 e. The number of fused-ring (bicyclic) bond motifs is 1. The van der Waals surface area contributed by atoms with Gasteiger partial charge in [0.05, 0.1) is 33.7 Å². The van der Waals surface area contributed by atoms with Crippen LogP contribution in [0.3, 0.4) is 0 Å². The molecule has 236 valence electrons. The Morgan fingerprint density at radius 2 is 1.89 bits per heavy atom. The van der Waals surface area contributed by atoms with Crippen LogP contribution in [0.5, 0.6) is 0 Å². The lowest BCUT2D eigenvalue weighted by Crippen LogP contribution is -2.52. The number of halogens is 5. The van der Waals surface area contributed by atoms with Crippen molar-refractivity contribution < 1.29 is 18.7 Å². The minimum Gasteiger partial charge on any atom is -0.397 e. The average Bonchev–Trinajstić information content (AvgIpc) is 3.02. The normalized spacial score (nSPS) is 20.0. The van der Waals surface area contributed by atoms with Crippen molar-refractivity contribution in [1.82, 2.24) is 20.1 Å². The van der Waals surface area contributed by atoms with Crippen molar-refractivity contribution in [2.75, 3.05) is 36.8 Å². The number of aliphatic hydroxyl groups excluding tert-OH is 1. The van der Waals surface area contributed by atoms with Crippen LogP contribution < -0.4 is 16.0 Å². The Morgan fingerprint density at radius 1 is 1.22 bits per heavy atom. The molecule has 9 nitrogen and oxygen atoms in total. The van der Waals surface area contributed by atoms with Crippen LogP contribution in [-0.4, -0.2) is 64.2 Å². The average molecular weight is 677 g/mol. The van der Waals surface area contributed by atoms with Crippen LogP contribution in [0.25, 0.3) is 17.0 Å². The third kappa shape index (κ3) is 5.40. The van der Waals surface area contributed by atoms with E-state index in [1.165, 1.54) is 17.0 Å². The number of nitrogens with zero attached hydrogens (tertiary/aromatic N) is 5. The minimum atomic E-state index is -1.52. The molecule has 45 heavy (non-hydrogen) atoms. The van der Waals surface area contributed by atoms with Crippen LogP contribution in [0, 0.1) is 28.9 Å². The van der Waals surface area contributed by atoms with Gasteiger partial charge in [0.1, 0.15) is 27.5 Å². The summed E-state index contributed by atoms with van der Waals surface area (Å²) < 4.78 is 30.1. The molecule has 1 aromatic heterocycles. The maximum absolute atomic E-state index is 15.6. The van der Waals surface area contributed by atoms with Crippen molar-refractivity contribution in [2.24, 2.45) is 5.92 Å². The van der Waals surface area contributed by atoms with Gasteiger partial charge in [0.2, 0.25) is 5.91 Å². The van der Waals surface area contributed by atoms with Crippen LogP contribution >= 0.6 is 34.8 Å². The molecule has 4 N–H and O–H groups in total. The summed E-state index contributed by atoms with van der Waals surface area (Å²) >= 11 is 18.8. The number of nitrogens with one attached hydrogen (secondary N) is 1. The summed E-state index contributed by atoms with van der Waals surface area (Å²) in [6, 6.07) is 3.37. The van der Waals surface area contributed by atoms with Gasteiger partial charge in [-0.25, -0.2) is 13.8 Å². The lowest BCUT2D eigenvalue weighted by molar-refractivity contribution is -0.127. The van der Waals surface area contributed by atoms with Gasteiger partial charge in [0.25, 0.3) is 0 Å². The van der Waals surface area contributed by atoms with E-state index >= 15 is 4.39 Å². The van der Waals surface area contributed by atoms with E-state index in [1.54, 1.807) is 11.1 Å². The van der Waals surface area contributed by atoms with Gasteiger partial charge >= 0.3 is 0 Å². The molecule has 1 unspecified atom stereocenters. The predicted octanol–water partition coefficient (Wildman–Crippen LogP) is 5.69. The van der Waals surface area contributed by atoms with Crippen molar-refractivity contribution in [3.05, 3.63) is 80.1 Å². The summed E-state index contributed by atoms with van der Waals surface area (Å²) in [7, 11) is 0. The molecule has 4 heterocycles. The number of nitrogen functional groups attached to an aromatic ring is 1. The number of pyridine rings is 1. The van der Waals surface area contributed by atoms with Gasteiger partial charge in [0.15, 0.2) is 17.9 Å². The number of carbonyl (C=O) groups is 1. The predicted molar refractivity (Wildman–Crippen MR) is 172 cm³/mol. The zero-order valence-corrected chi connectivity index (χ0v) is 26.9. The highest BCUT2D eigenvalue weighted by Gasteiger charge is 2.42. The standard InChI is InChI=1S/C31H30Cl3F2N7O2/c1-5-19(44)41-8-10-42(11-9-41)29-16-12-18(32)27(20-23(35)21(33)24(36)22(34)25(20)38)40-30(16)43(31(45)17(29)13-37)28-15(4)6-7-39-26(28)14(2)3/h5-7,12,14,26,31,39,45H,1,8-11,38H2,2-4H3/t26-,31?/m1/s1. The highest BCUT2D eigenvalue weighted by atomic mass is 35.5. The highest BCUT2D eigenvalue weighted by Crippen LogP contribution is 2.48. The Kier molecular flexibility index (Phi) is 9.06. The molecule has 0 spiro atoms. The number of amides is 1. The van der Waals surface area contributed by atoms with E-state index in [0.717, 1.165) is 5.57 Å². The van der Waals surface area contributed by atoms with Gasteiger partial charge in [-0.15, -0.1) is 0 Å². The number of hydrogen-bond donors (Lipinski definition) is 3. The molecule has 0 saturated carbocycles. The number of dihydropyridines is 1. The Bertz CT molecular complexity index is 1710. The van der Waals surface area contributed by atoms with Gasteiger partial charge in [-0.05, 0) is 42.8 Å². The Hall–Kier alpha value is -3.82. The summed E-state index contributed by atoms with van der Waals surface area (Å²) in [4.78, 5) is 22.0. The fourth-order valence-electron chi connectivity index (χ4n) is 5.92. The molecular weight excluding hydrogens is 647 g/mol.